The van der Waals surface area contributed by atoms with Crippen LogP contribution in [0.2, 0.25) is 0 Å². The number of pyridine rings is 1. The zero-order chi connectivity index (χ0) is 23.2. The molecule has 0 radical (unpaired) electrons. The Balaban J connectivity index is 1.41. The summed E-state index contributed by atoms with van der Waals surface area (Å²) < 4.78 is 1.90. The van der Waals surface area contributed by atoms with Crippen molar-refractivity contribution >= 4 is 28.7 Å². The number of carbonyl (C=O) groups excluding carboxylic acids is 1. The van der Waals surface area contributed by atoms with Crippen molar-refractivity contribution in [1.82, 2.24) is 24.6 Å². The Morgan fingerprint density at radius 3 is 2.91 bits per heavy atom. The van der Waals surface area contributed by atoms with E-state index in [0.29, 0.717) is 5.56 Å². The molecule has 34 heavy (non-hydrogen) atoms. The molecule has 170 valence electrons. The molecule has 1 aliphatic carbocycles. The molecule has 4 aromatic heterocycles. The Morgan fingerprint density at radius 1 is 1.18 bits per heavy atom. The van der Waals surface area contributed by atoms with E-state index in [0.717, 1.165) is 53.8 Å². The fourth-order valence-electron chi connectivity index (χ4n) is 5.00. The fraction of sp³-hybridized carbons (Fsp3) is 0.259. The van der Waals surface area contributed by atoms with Crippen LogP contribution in [-0.2, 0) is 12.8 Å². The van der Waals surface area contributed by atoms with Gasteiger partial charge in [0, 0.05) is 57.8 Å². The number of hydrogen-bond acceptors (Lipinski definition) is 5. The third kappa shape index (κ3) is 3.44. The second-order valence-corrected chi connectivity index (χ2v) is 9.35. The summed E-state index contributed by atoms with van der Waals surface area (Å²) in [5, 5.41) is 9.75. The molecule has 0 saturated heterocycles. The maximum atomic E-state index is 11.3. The average molecular weight is 451 g/mol. The van der Waals surface area contributed by atoms with Gasteiger partial charge in [0.2, 0.25) is 0 Å². The molecule has 1 unspecified atom stereocenters. The zero-order valence-electron chi connectivity index (χ0n) is 19.2. The number of nitrogens with zero attached hydrogens (tertiary/aromatic N) is 4. The van der Waals surface area contributed by atoms with Crippen LogP contribution in [0.4, 0.5) is 5.82 Å². The van der Waals surface area contributed by atoms with Crippen molar-refractivity contribution in [2.75, 3.05) is 5.32 Å². The van der Waals surface area contributed by atoms with Gasteiger partial charge in [-0.3, -0.25) is 9.78 Å². The number of anilines is 1. The van der Waals surface area contributed by atoms with E-state index in [-0.39, 0.29) is 12.0 Å². The third-order valence-corrected chi connectivity index (χ3v) is 6.76. The van der Waals surface area contributed by atoms with E-state index in [1.54, 1.807) is 12.4 Å². The quantitative estimate of drug-likeness (QED) is 0.360. The van der Waals surface area contributed by atoms with Gasteiger partial charge < -0.3 is 10.3 Å². The molecular formula is C27H26N6O. The van der Waals surface area contributed by atoms with Crippen LogP contribution < -0.4 is 5.32 Å². The number of rotatable bonds is 5. The maximum absolute atomic E-state index is 11.3. The minimum Gasteiger partial charge on any atom is -0.367 e. The number of aromatic amines is 1. The van der Waals surface area contributed by atoms with Gasteiger partial charge in [-0.2, -0.15) is 9.61 Å². The van der Waals surface area contributed by atoms with Gasteiger partial charge in [-0.1, -0.05) is 32.0 Å². The summed E-state index contributed by atoms with van der Waals surface area (Å²) >= 11 is 0. The lowest BCUT2D eigenvalue weighted by molar-refractivity contribution is 0.112. The molecule has 4 heterocycles. The molecule has 0 fully saturated rings. The van der Waals surface area contributed by atoms with Gasteiger partial charge >= 0.3 is 0 Å². The highest BCUT2D eigenvalue weighted by Crippen LogP contribution is 2.32. The van der Waals surface area contributed by atoms with Crippen LogP contribution in [0.3, 0.4) is 0 Å². The van der Waals surface area contributed by atoms with E-state index in [1.807, 2.05) is 22.8 Å². The zero-order valence-corrected chi connectivity index (χ0v) is 19.2. The molecule has 2 N–H and O–H groups in total. The SMILES string of the molecule is CC(C)c1cnn2c(NC3CCc4[nH]c5ccccc5c4C3)cc(-c3cncc(C=O)c3)nc12. The van der Waals surface area contributed by atoms with Crippen molar-refractivity contribution in [2.24, 2.45) is 0 Å². The summed E-state index contributed by atoms with van der Waals surface area (Å²) in [5.41, 5.74) is 7.99. The van der Waals surface area contributed by atoms with Crippen molar-refractivity contribution in [2.45, 2.75) is 45.1 Å². The number of hydrogen-bond donors (Lipinski definition) is 2. The minimum absolute atomic E-state index is 0.274. The number of benzene rings is 1. The van der Waals surface area contributed by atoms with Gasteiger partial charge in [-0.15, -0.1) is 0 Å². The average Bonchev–Trinajstić information content (AvgIpc) is 3.46. The van der Waals surface area contributed by atoms with Gasteiger partial charge in [-0.05, 0) is 42.9 Å². The largest absolute Gasteiger partial charge is 0.367 e. The molecule has 6 rings (SSSR count). The van der Waals surface area contributed by atoms with E-state index in [9.17, 15) is 4.79 Å². The first kappa shape index (κ1) is 20.6. The number of para-hydroxylation sites is 1. The Labute approximate surface area is 197 Å². The van der Waals surface area contributed by atoms with Crippen LogP contribution in [0.5, 0.6) is 0 Å². The van der Waals surface area contributed by atoms with Crippen molar-refractivity contribution in [3.63, 3.8) is 0 Å². The molecule has 0 bridgehead atoms. The van der Waals surface area contributed by atoms with Crippen LogP contribution >= 0.6 is 0 Å². The number of H-pyrrole nitrogens is 1. The summed E-state index contributed by atoms with van der Waals surface area (Å²) in [6.45, 7) is 4.29. The summed E-state index contributed by atoms with van der Waals surface area (Å²) in [5.74, 6) is 1.19. The van der Waals surface area contributed by atoms with Gasteiger partial charge in [0.15, 0.2) is 11.9 Å². The molecule has 7 heteroatoms. The molecule has 0 spiro atoms. The van der Waals surface area contributed by atoms with Crippen LogP contribution in [0, 0.1) is 0 Å². The lowest BCUT2D eigenvalue weighted by atomic mass is 9.91. The number of aryl methyl sites for hydroxylation is 1. The molecule has 0 saturated carbocycles. The highest BCUT2D eigenvalue weighted by molar-refractivity contribution is 5.85. The Hall–Kier alpha value is -4.00. The predicted molar refractivity (Wildman–Crippen MR) is 133 cm³/mol. The van der Waals surface area contributed by atoms with E-state index in [1.165, 1.54) is 22.2 Å². The van der Waals surface area contributed by atoms with E-state index in [2.05, 4.69) is 58.5 Å². The summed E-state index contributed by atoms with van der Waals surface area (Å²) in [7, 11) is 0. The predicted octanol–water partition coefficient (Wildman–Crippen LogP) is 5.18. The van der Waals surface area contributed by atoms with E-state index >= 15 is 0 Å². The van der Waals surface area contributed by atoms with Crippen molar-refractivity contribution in [1.29, 1.82) is 0 Å². The van der Waals surface area contributed by atoms with Gasteiger partial charge in [0.05, 0.1) is 11.9 Å². The highest BCUT2D eigenvalue weighted by Gasteiger charge is 2.24. The standard InChI is InChI=1S/C27H26N6O/c1-16(2)22-14-29-33-26(11-25(32-27(22)33)18-9-17(15-34)12-28-13-18)30-19-7-8-24-21(10-19)20-5-3-4-6-23(20)31-24/h3-6,9,11-16,19,30-31H,7-8,10H2,1-2H3. The summed E-state index contributed by atoms with van der Waals surface area (Å²) in [6.07, 6.45) is 9.00. The van der Waals surface area contributed by atoms with Crippen molar-refractivity contribution < 1.29 is 4.79 Å². The van der Waals surface area contributed by atoms with Gasteiger partial charge in [0.25, 0.3) is 0 Å². The lowest BCUT2D eigenvalue weighted by Crippen LogP contribution is -2.28. The first-order valence-corrected chi connectivity index (χ1v) is 11.7. The second kappa shape index (κ2) is 8.09. The molecule has 1 aromatic carbocycles. The molecule has 1 aliphatic rings. The number of aromatic nitrogens is 5. The molecular weight excluding hydrogens is 424 g/mol. The summed E-state index contributed by atoms with van der Waals surface area (Å²) in [6, 6.07) is 12.6. The fourth-order valence-corrected chi connectivity index (χ4v) is 5.00. The second-order valence-electron chi connectivity index (χ2n) is 9.35. The molecule has 1 atom stereocenters. The topological polar surface area (TPSA) is 88.0 Å². The Kier molecular flexibility index (Phi) is 4.90. The monoisotopic (exact) mass is 450 g/mol. The molecule has 5 aromatic rings. The van der Waals surface area contributed by atoms with Gasteiger partial charge in [-0.25, -0.2) is 4.98 Å². The number of carbonyl (C=O) groups is 1. The molecule has 0 aliphatic heterocycles. The number of fused-ring (bicyclic) bond motifs is 4. The first-order chi connectivity index (χ1) is 16.6. The maximum Gasteiger partial charge on any atom is 0.161 e. The van der Waals surface area contributed by atoms with Crippen LogP contribution in [-0.4, -0.2) is 36.9 Å². The smallest absolute Gasteiger partial charge is 0.161 e. The van der Waals surface area contributed by atoms with E-state index < -0.39 is 0 Å². The Bertz CT molecular complexity index is 1530. The van der Waals surface area contributed by atoms with Crippen LogP contribution in [0.25, 0.3) is 27.8 Å². The lowest BCUT2D eigenvalue weighted by Gasteiger charge is -2.25. The van der Waals surface area contributed by atoms with Crippen molar-refractivity contribution in [3.8, 4) is 11.3 Å². The highest BCUT2D eigenvalue weighted by atomic mass is 16.1. The normalized spacial score (nSPS) is 15.7. The number of nitrogens with one attached hydrogen (secondary N) is 2. The first-order valence-electron chi connectivity index (χ1n) is 11.7. The minimum atomic E-state index is 0.274. The third-order valence-electron chi connectivity index (χ3n) is 6.76. The Morgan fingerprint density at radius 2 is 2.06 bits per heavy atom. The molecule has 7 nitrogen and oxygen atoms in total. The van der Waals surface area contributed by atoms with Crippen LogP contribution in [0.15, 0.2) is 55.0 Å². The summed E-state index contributed by atoms with van der Waals surface area (Å²) in [4.78, 5) is 24.1. The number of aldehydes is 1. The van der Waals surface area contributed by atoms with E-state index in [4.69, 9.17) is 4.98 Å². The van der Waals surface area contributed by atoms with Crippen LogP contribution in [0.1, 0.15) is 53.4 Å². The van der Waals surface area contributed by atoms with Crippen molar-refractivity contribution in [3.05, 3.63) is 77.4 Å². The molecule has 0 amide bonds. The van der Waals surface area contributed by atoms with Gasteiger partial charge in [0.1, 0.15) is 5.82 Å².